The highest BCUT2D eigenvalue weighted by Gasteiger charge is 2.30. The van der Waals surface area contributed by atoms with Crippen LogP contribution in [0.1, 0.15) is 52.0 Å². The van der Waals surface area contributed by atoms with E-state index in [2.05, 4.69) is 50.4 Å². The van der Waals surface area contributed by atoms with Gasteiger partial charge in [0.15, 0.2) is 0 Å². The standard InChI is InChI=1S/C20H28N2OS/c1-20(2,3)16-8-10-17(11-9-16)24-14-15-6-4-5-7-18(15)19(23)22-13-12-21/h8-11,15,18H,4-7,13-14H2,1-3H3,(H,22,23)/t15-,18+/m0/s1. The molecule has 3 nitrogen and oxygen atoms in total. The fourth-order valence-corrected chi connectivity index (χ4v) is 4.40. The molecule has 0 radical (unpaired) electrons. The van der Waals surface area contributed by atoms with E-state index in [9.17, 15) is 4.79 Å². The van der Waals surface area contributed by atoms with Crippen LogP contribution in [0.15, 0.2) is 29.2 Å². The molecule has 2 atom stereocenters. The molecule has 1 aromatic carbocycles. The summed E-state index contributed by atoms with van der Waals surface area (Å²) < 4.78 is 0. The molecule has 1 saturated carbocycles. The lowest BCUT2D eigenvalue weighted by atomic mass is 9.80. The van der Waals surface area contributed by atoms with Gasteiger partial charge in [0.1, 0.15) is 6.54 Å². The van der Waals surface area contributed by atoms with Crippen molar-refractivity contribution >= 4 is 17.7 Å². The number of hydrogen-bond acceptors (Lipinski definition) is 3. The van der Waals surface area contributed by atoms with Gasteiger partial charge in [-0.05, 0) is 41.9 Å². The summed E-state index contributed by atoms with van der Waals surface area (Å²) in [5.74, 6) is 1.50. The number of rotatable bonds is 5. The highest BCUT2D eigenvalue weighted by atomic mass is 32.2. The minimum Gasteiger partial charge on any atom is -0.343 e. The van der Waals surface area contributed by atoms with E-state index in [0.29, 0.717) is 5.92 Å². The zero-order valence-corrected chi connectivity index (χ0v) is 15.8. The molecule has 1 amide bonds. The third-order valence-electron chi connectivity index (χ3n) is 4.77. The third-order valence-corrected chi connectivity index (χ3v) is 5.97. The van der Waals surface area contributed by atoms with Crippen LogP contribution < -0.4 is 5.32 Å². The van der Waals surface area contributed by atoms with Gasteiger partial charge in [-0.2, -0.15) is 5.26 Å². The zero-order valence-electron chi connectivity index (χ0n) is 15.0. The zero-order chi connectivity index (χ0) is 17.6. The van der Waals surface area contributed by atoms with Gasteiger partial charge in [-0.1, -0.05) is 45.7 Å². The lowest BCUT2D eigenvalue weighted by molar-refractivity contribution is -0.127. The molecule has 0 spiro atoms. The van der Waals surface area contributed by atoms with Gasteiger partial charge in [0, 0.05) is 16.6 Å². The number of hydrogen-bond donors (Lipinski definition) is 1. The molecule has 24 heavy (non-hydrogen) atoms. The first kappa shape index (κ1) is 18.9. The highest BCUT2D eigenvalue weighted by molar-refractivity contribution is 7.99. The minimum absolute atomic E-state index is 0.0601. The molecule has 0 saturated heterocycles. The summed E-state index contributed by atoms with van der Waals surface area (Å²) in [6, 6.07) is 10.8. The van der Waals surface area contributed by atoms with E-state index in [1.807, 2.05) is 17.8 Å². The number of benzene rings is 1. The third kappa shape index (κ3) is 5.27. The smallest absolute Gasteiger partial charge is 0.224 e. The first-order valence-corrected chi connectivity index (χ1v) is 9.78. The van der Waals surface area contributed by atoms with Gasteiger partial charge >= 0.3 is 0 Å². The molecule has 0 heterocycles. The monoisotopic (exact) mass is 344 g/mol. The maximum Gasteiger partial charge on any atom is 0.224 e. The number of nitrogens with one attached hydrogen (secondary N) is 1. The van der Waals surface area contributed by atoms with Crippen LogP contribution in [0.2, 0.25) is 0 Å². The Bertz CT molecular complexity index is 583. The van der Waals surface area contributed by atoms with Crippen molar-refractivity contribution in [2.45, 2.75) is 56.8 Å². The second kappa shape index (κ2) is 8.58. The molecule has 1 aliphatic carbocycles. The quantitative estimate of drug-likeness (QED) is 0.631. The maximum atomic E-state index is 12.3. The van der Waals surface area contributed by atoms with Gasteiger partial charge in [-0.3, -0.25) is 4.79 Å². The van der Waals surface area contributed by atoms with Gasteiger partial charge < -0.3 is 5.32 Å². The Morgan fingerprint density at radius 3 is 2.54 bits per heavy atom. The van der Waals surface area contributed by atoms with Crippen molar-refractivity contribution in [3.05, 3.63) is 29.8 Å². The van der Waals surface area contributed by atoms with Crippen LogP contribution in [-0.2, 0) is 10.2 Å². The number of carbonyl (C=O) groups is 1. The molecule has 1 N–H and O–H groups in total. The van der Waals surface area contributed by atoms with Crippen LogP contribution in [0.3, 0.4) is 0 Å². The van der Waals surface area contributed by atoms with E-state index < -0.39 is 0 Å². The molecule has 0 aromatic heterocycles. The van der Waals surface area contributed by atoms with Crippen LogP contribution in [0.4, 0.5) is 0 Å². The lowest BCUT2D eigenvalue weighted by Gasteiger charge is -2.30. The van der Waals surface area contributed by atoms with Crippen LogP contribution >= 0.6 is 11.8 Å². The molecule has 0 unspecified atom stereocenters. The van der Waals surface area contributed by atoms with E-state index >= 15 is 0 Å². The average Bonchev–Trinajstić information content (AvgIpc) is 2.57. The predicted octanol–water partition coefficient (Wildman–Crippen LogP) is 4.52. The van der Waals surface area contributed by atoms with Crippen LogP contribution in [0.5, 0.6) is 0 Å². The van der Waals surface area contributed by atoms with Crippen molar-refractivity contribution in [3.8, 4) is 6.07 Å². The average molecular weight is 345 g/mol. The maximum absolute atomic E-state index is 12.3. The van der Waals surface area contributed by atoms with Gasteiger partial charge in [0.25, 0.3) is 0 Å². The van der Waals surface area contributed by atoms with E-state index in [0.717, 1.165) is 25.0 Å². The molecule has 0 bridgehead atoms. The summed E-state index contributed by atoms with van der Waals surface area (Å²) in [6.45, 7) is 6.79. The summed E-state index contributed by atoms with van der Waals surface area (Å²) in [5, 5.41) is 11.4. The van der Waals surface area contributed by atoms with Gasteiger partial charge in [-0.25, -0.2) is 0 Å². The van der Waals surface area contributed by atoms with E-state index in [-0.39, 0.29) is 23.8 Å². The lowest BCUT2D eigenvalue weighted by Crippen LogP contribution is -2.37. The summed E-state index contributed by atoms with van der Waals surface area (Å²) in [6.07, 6.45) is 4.38. The Labute approximate surface area is 150 Å². The van der Waals surface area contributed by atoms with Crippen molar-refractivity contribution in [1.29, 1.82) is 5.26 Å². The number of amides is 1. The Balaban J connectivity index is 1.93. The summed E-state index contributed by atoms with van der Waals surface area (Å²) in [7, 11) is 0. The molecule has 2 rings (SSSR count). The molecule has 1 fully saturated rings. The Morgan fingerprint density at radius 2 is 1.92 bits per heavy atom. The van der Waals surface area contributed by atoms with E-state index in [1.54, 1.807) is 0 Å². The Hall–Kier alpha value is -1.47. The number of thioether (sulfide) groups is 1. The largest absolute Gasteiger partial charge is 0.343 e. The minimum atomic E-state index is 0.0601. The normalized spacial score (nSPS) is 21.1. The summed E-state index contributed by atoms with van der Waals surface area (Å²) in [5.41, 5.74) is 1.52. The van der Waals surface area contributed by atoms with Crippen LogP contribution in [0, 0.1) is 23.2 Å². The van der Waals surface area contributed by atoms with Crippen molar-refractivity contribution in [1.82, 2.24) is 5.32 Å². The van der Waals surface area contributed by atoms with Crippen LogP contribution in [-0.4, -0.2) is 18.2 Å². The van der Waals surface area contributed by atoms with Crippen molar-refractivity contribution in [2.75, 3.05) is 12.3 Å². The van der Waals surface area contributed by atoms with Gasteiger partial charge in [0.05, 0.1) is 6.07 Å². The molecule has 4 heteroatoms. The molecular formula is C20H28N2OS. The van der Waals surface area contributed by atoms with Gasteiger partial charge in [0.2, 0.25) is 5.91 Å². The molecule has 1 aliphatic rings. The van der Waals surface area contributed by atoms with Crippen molar-refractivity contribution in [2.24, 2.45) is 11.8 Å². The highest BCUT2D eigenvalue weighted by Crippen LogP contribution is 2.35. The van der Waals surface area contributed by atoms with Crippen molar-refractivity contribution in [3.63, 3.8) is 0 Å². The molecule has 1 aromatic rings. The second-order valence-electron chi connectivity index (χ2n) is 7.61. The number of carbonyl (C=O) groups excluding carboxylic acids is 1. The Morgan fingerprint density at radius 1 is 1.25 bits per heavy atom. The first-order chi connectivity index (χ1) is 11.4. The van der Waals surface area contributed by atoms with E-state index in [1.165, 1.54) is 16.9 Å². The number of nitrogens with zero attached hydrogens (tertiary/aromatic N) is 1. The molecule has 0 aliphatic heterocycles. The predicted molar refractivity (Wildman–Crippen MR) is 99.9 cm³/mol. The SMILES string of the molecule is CC(C)(C)c1ccc(SC[C@@H]2CCCC[C@H]2C(=O)NCC#N)cc1. The fraction of sp³-hybridized carbons (Fsp3) is 0.600. The molecule has 130 valence electrons. The first-order valence-electron chi connectivity index (χ1n) is 8.80. The van der Waals surface area contributed by atoms with E-state index in [4.69, 9.17) is 5.26 Å². The topological polar surface area (TPSA) is 52.9 Å². The molecular weight excluding hydrogens is 316 g/mol. The fourth-order valence-electron chi connectivity index (χ4n) is 3.26. The van der Waals surface area contributed by atoms with Gasteiger partial charge in [-0.15, -0.1) is 11.8 Å². The van der Waals surface area contributed by atoms with Crippen molar-refractivity contribution < 1.29 is 4.79 Å². The number of nitriles is 1. The Kier molecular flexibility index (Phi) is 6.74. The second-order valence-corrected chi connectivity index (χ2v) is 8.71. The summed E-state index contributed by atoms with van der Waals surface area (Å²) >= 11 is 1.85. The van der Waals surface area contributed by atoms with Crippen LogP contribution in [0.25, 0.3) is 0 Å². The summed E-state index contributed by atoms with van der Waals surface area (Å²) in [4.78, 5) is 13.5.